The van der Waals surface area contributed by atoms with E-state index in [1.165, 1.54) is 0 Å². The van der Waals surface area contributed by atoms with Crippen molar-refractivity contribution in [1.82, 2.24) is 9.80 Å². The lowest BCUT2D eigenvalue weighted by molar-refractivity contribution is -0.134. The van der Waals surface area contributed by atoms with E-state index >= 15 is 0 Å². The van der Waals surface area contributed by atoms with Gasteiger partial charge in [-0.25, -0.2) is 0 Å². The summed E-state index contributed by atoms with van der Waals surface area (Å²) in [6, 6.07) is 8.09. The summed E-state index contributed by atoms with van der Waals surface area (Å²) in [5, 5.41) is 10.5. The number of hydrogen-bond donors (Lipinski definition) is 1. The quantitative estimate of drug-likeness (QED) is 0.904. The Hall–Kier alpha value is -1.10. The van der Waals surface area contributed by atoms with Gasteiger partial charge in [-0.2, -0.15) is 0 Å². The number of carbonyl (C=O) groups is 1. The number of carbonyl (C=O) groups excluding carboxylic acids is 1. The molecule has 2 aliphatic rings. The third-order valence-corrected chi connectivity index (χ3v) is 4.67. The Morgan fingerprint density at radius 1 is 1.27 bits per heavy atom. The zero-order valence-electron chi connectivity index (χ0n) is 12.7. The predicted molar refractivity (Wildman–Crippen MR) is 86.7 cm³/mol. The molecule has 22 heavy (non-hydrogen) atoms. The van der Waals surface area contributed by atoms with Gasteiger partial charge in [0, 0.05) is 24.2 Å². The maximum absolute atomic E-state index is 12.6. The average molecular weight is 323 g/mol. The average Bonchev–Trinajstić information content (AvgIpc) is 3.31. The fraction of sp³-hybridized carbons (Fsp3) is 0.588. The minimum absolute atomic E-state index is 0.173. The van der Waals surface area contributed by atoms with Crippen LogP contribution in [0.2, 0.25) is 5.02 Å². The minimum atomic E-state index is -0.285. The van der Waals surface area contributed by atoms with Crippen LogP contribution in [0.15, 0.2) is 24.3 Å². The van der Waals surface area contributed by atoms with E-state index in [4.69, 9.17) is 11.6 Å². The molecule has 1 aromatic carbocycles. The summed E-state index contributed by atoms with van der Waals surface area (Å²) in [5.41, 5.74) is 1.11. The van der Waals surface area contributed by atoms with Crippen LogP contribution in [0.4, 0.5) is 0 Å². The number of halogens is 1. The fourth-order valence-corrected chi connectivity index (χ4v) is 3.18. The highest BCUT2D eigenvalue weighted by atomic mass is 35.5. The summed E-state index contributed by atoms with van der Waals surface area (Å²) in [7, 11) is 0. The van der Waals surface area contributed by atoms with E-state index in [0.29, 0.717) is 25.7 Å². The van der Waals surface area contributed by atoms with Crippen molar-refractivity contribution in [3.63, 3.8) is 0 Å². The van der Waals surface area contributed by atoms with Crippen molar-refractivity contribution in [2.24, 2.45) is 0 Å². The molecule has 2 fully saturated rings. The number of β-amino-alcohol motifs (C(OH)–C–C–N with tert-alkyl or cyclic N) is 1. The first kappa shape index (κ1) is 15.8. The molecule has 1 amide bonds. The first-order chi connectivity index (χ1) is 10.6. The van der Waals surface area contributed by atoms with Crippen LogP contribution in [0, 0.1) is 0 Å². The molecule has 3 rings (SSSR count). The molecular weight excluding hydrogens is 300 g/mol. The molecule has 4 nitrogen and oxygen atoms in total. The monoisotopic (exact) mass is 322 g/mol. The van der Waals surface area contributed by atoms with E-state index in [2.05, 4.69) is 4.90 Å². The Balaban J connectivity index is 1.60. The van der Waals surface area contributed by atoms with E-state index in [-0.39, 0.29) is 12.0 Å². The zero-order valence-corrected chi connectivity index (χ0v) is 13.5. The fourth-order valence-electron chi connectivity index (χ4n) is 3.05. The highest BCUT2D eigenvalue weighted by Crippen LogP contribution is 2.29. The molecule has 1 saturated heterocycles. The Morgan fingerprint density at radius 2 is 2.00 bits per heavy atom. The standard InChI is InChI=1S/C17H23ClN2O2/c18-14-5-3-13(4-6-14)10-20(15-7-8-15)17(22)12-19-9-1-2-16(21)11-19/h3-6,15-16,21H,1-2,7-12H2/t16-/m1/s1. The Labute approximate surface area is 136 Å². The first-order valence-electron chi connectivity index (χ1n) is 8.06. The predicted octanol–water partition coefficient (Wildman–Crippen LogP) is 2.29. The van der Waals surface area contributed by atoms with E-state index in [9.17, 15) is 9.90 Å². The smallest absolute Gasteiger partial charge is 0.237 e. The topological polar surface area (TPSA) is 43.8 Å². The zero-order chi connectivity index (χ0) is 15.5. The Kier molecular flexibility index (Phi) is 5.01. The van der Waals surface area contributed by atoms with Crippen LogP contribution in [0.3, 0.4) is 0 Å². The van der Waals surface area contributed by atoms with Gasteiger partial charge in [-0.1, -0.05) is 23.7 Å². The number of amides is 1. The Morgan fingerprint density at radius 3 is 2.64 bits per heavy atom. The Bertz CT molecular complexity index is 516. The maximum Gasteiger partial charge on any atom is 0.237 e. The number of hydrogen-bond acceptors (Lipinski definition) is 3. The molecule has 5 heteroatoms. The molecule has 1 aliphatic carbocycles. The van der Waals surface area contributed by atoms with Crippen molar-refractivity contribution in [2.75, 3.05) is 19.6 Å². The van der Waals surface area contributed by atoms with Gasteiger partial charge < -0.3 is 10.0 Å². The van der Waals surface area contributed by atoms with Gasteiger partial charge in [0.1, 0.15) is 0 Å². The number of nitrogens with zero attached hydrogens (tertiary/aromatic N) is 2. The molecule has 0 aromatic heterocycles. The number of likely N-dealkylation sites (tertiary alicyclic amines) is 1. The van der Waals surface area contributed by atoms with Crippen LogP contribution < -0.4 is 0 Å². The van der Waals surface area contributed by atoms with E-state index < -0.39 is 0 Å². The van der Waals surface area contributed by atoms with Crippen LogP contribution in [0.1, 0.15) is 31.2 Å². The van der Waals surface area contributed by atoms with Crippen molar-refractivity contribution in [2.45, 2.75) is 44.4 Å². The molecule has 0 radical (unpaired) electrons. The van der Waals surface area contributed by atoms with Gasteiger partial charge in [0.05, 0.1) is 12.6 Å². The van der Waals surface area contributed by atoms with Crippen molar-refractivity contribution < 1.29 is 9.90 Å². The van der Waals surface area contributed by atoms with Gasteiger partial charge >= 0.3 is 0 Å². The number of piperidine rings is 1. The molecule has 0 bridgehead atoms. The van der Waals surface area contributed by atoms with Crippen molar-refractivity contribution >= 4 is 17.5 Å². The highest BCUT2D eigenvalue weighted by molar-refractivity contribution is 6.30. The molecule has 1 aromatic rings. The van der Waals surface area contributed by atoms with Crippen molar-refractivity contribution in [3.05, 3.63) is 34.9 Å². The summed E-state index contributed by atoms with van der Waals surface area (Å²) in [4.78, 5) is 16.7. The molecule has 0 spiro atoms. The minimum Gasteiger partial charge on any atom is -0.392 e. The van der Waals surface area contributed by atoms with E-state index in [1.807, 2.05) is 29.2 Å². The van der Waals surface area contributed by atoms with Crippen LogP contribution >= 0.6 is 11.6 Å². The van der Waals surface area contributed by atoms with Crippen LogP contribution in [0.5, 0.6) is 0 Å². The normalized spacial score (nSPS) is 22.5. The molecule has 1 N–H and O–H groups in total. The number of rotatable bonds is 5. The SMILES string of the molecule is O=C(CN1CCC[C@@H](O)C1)N(Cc1ccc(Cl)cc1)C1CC1. The molecule has 1 saturated carbocycles. The summed E-state index contributed by atoms with van der Waals surface area (Å²) in [6.07, 6.45) is 3.73. The highest BCUT2D eigenvalue weighted by Gasteiger charge is 2.33. The lowest BCUT2D eigenvalue weighted by atomic mass is 10.1. The van der Waals surface area contributed by atoms with Crippen molar-refractivity contribution in [1.29, 1.82) is 0 Å². The second-order valence-corrected chi connectivity index (χ2v) is 6.85. The number of benzene rings is 1. The molecule has 1 heterocycles. The van der Waals surface area contributed by atoms with Gasteiger partial charge in [-0.3, -0.25) is 9.69 Å². The van der Waals surface area contributed by atoms with Gasteiger partial charge in [-0.15, -0.1) is 0 Å². The molecular formula is C17H23ClN2O2. The second-order valence-electron chi connectivity index (χ2n) is 6.41. The van der Waals surface area contributed by atoms with E-state index in [0.717, 1.165) is 42.8 Å². The van der Waals surface area contributed by atoms with Crippen LogP contribution in [0.25, 0.3) is 0 Å². The maximum atomic E-state index is 12.6. The first-order valence-corrected chi connectivity index (χ1v) is 8.44. The van der Waals surface area contributed by atoms with Gasteiger partial charge in [0.15, 0.2) is 0 Å². The van der Waals surface area contributed by atoms with Gasteiger partial charge in [0.2, 0.25) is 5.91 Å². The summed E-state index contributed by atoms with van der Waals surface area (Å²) < 4.78 is 0. The largest absolute Gasteiger partial charge is 0.392 e. The third kappa shape index (κ3) is 4.22. The lowest BCUT2D eigenvalue weighted by Gasteiger charge is -2.32. The summed E-state index contributed by atoms with van der Waals surface area (Å²) in [6.45, 7) is 2.59. The van der Waals surface area contributed by atoms with Crippen molar-refractivity contribution in [3.8, 4) is 0 Å². The van der Waals surface area contributed by atoms with E-state index in [1.54, 1.807) is 0 Å². The third-order valence-electron chi connectivity index (χ3n) is 4.41. The van der Waals surface area contributed by atoms with Gasteiger partial charge in [-0.05, 0) is 49.9 Å². The molecule has 0 unspecified atom stereocenters. The summed E-state index contributed by atoms with van der Waals surface area (Å²) >= 11 is 5.92. The lowest BCUT2D eigenvalue weighted by Crippen LogP contribution is -2.46. The molecule has 1 aliphatic heterocycles. The van der Waals surface area contributed by atoms with Gasteiger partial charge in [0.25, 0.3) is 0 Å². The van der Waals surface area contributed by atoms with Crippen LogP contribution in [-0.2, 0) is 11.3 Å². The molecule has 120 valence electrons. The molecule has 1 atom stereocenters. The number of aliphatic hydroxyl groups is 1. The summed E-state index contributed by atoms with van der Waals surface area (Å²) in [5.74, 6) is 0.173. The second kappa shape index (κ2) is 6.99. The van der Waals surface area contributed by atoms with Crippen LogP contribution in [-0.4, -0.2) is 52.6 Å². The number of aliphatic hydroxyl groups excluding tert-OH is 1.